The van der Waals surface area contributed by atoms with Crippen molar-refractivity contribution in [3.63, 3.8) is 0 Å². The summed E-state index contributed by atoms with van der Waals surface area (Å²) in [5.74, 6) is -1.61. The highest BCUT2D eigenvalue weighted by Gasteiger charge is 2.45. The van der Waals surface area contributed by atoms with Gasteiger partial charge in [0.25, 0.3) is 0 Å². The Morgan fingerprint density at radius 2 is 0.712 bits per heavy atom. The Balaban J connectivity index is 2.07. The highest BCUT2D eigenvalue weighted by molar-refractivity contribution is 6.27. The first-order valence-electron chi connectivity index (χ1n) is 26.1. The Hall–Kier alpha value is -2.90. The van der Waals surface area contributed by atoms with Crippen LogP contribution in [0.25, 0.3) is 0 Å². The number of rotatable bonds is 32. The van der Waals surface area contributed by atoms with Crippen LogP contribution in [0.5, 0.6) is 0 Å². The van der Waals surface area contributed by atoms with E-state index in [1.165, 1.54) is 77.0 Å². The first-order chi connectivity index (χ1) is 31.3. The monoisotopic (exact) mass is 949 g/mol. The summed E-state index contributed by atoms with van der Waals surface area (Å²) < 4.78 is -1.05. The normalized spacial score (nSPS) is 16.6. The number of hydrogen-bond donors (Lipinski definition) is 0. The SMILES string of the molecule is CCCCCCCCCCCC[N+](Cl)(C=O)CC1=C(C(C)c2ccc(C(C)(C)C)cc2)C(=O)C(C[N+](Cl)(C=O)CCCCCCCCCCCC)=C(C(C)c2ccc(C(C)(C)C)cc2)C1=O. The van der Waals surface area contributed by atoms with Crippen molar-refractivity contribution < 1.29 is 27.2 Å². The molecule has 0 bridgehead atoms. The number of benzene rings is 2. The summed E-state index contributed by atoms with van der Waals surface area (Å²) in [5, 5.41) is 0. The second-order valence-corrected chi connectivity index (χ2v) is 23.2. The molecule has 0 radical (unpaired) electrons. The molecule has 0 aromatic heterocycles. The molecular weight excluding hydrogens is 860 g/mol. The van der Waals surface area contributed by atoms with E-state index in [2.05, 4.69) is 79.7 Å². The molecule has 4 atom stereocenters. The molecule has 1 aliphatic rings. The molecule has 2 amide bonds. The van der Waals surface area contributed by atoms with Gasteiger partial charge in [-0.25, -0.2) is 9.59 Å². The molecule has 0 aliphatic heterocycles. The zero-order chi connectivity index (χ0) is 49.0. The second-order valence-electron chi connectivity index (χ2n) is 21.8. The highest BCUT2D eigenvalue weighted by Crippen LogP contribution is 2.42. The first kappa shape index (κ1) is 57.4. The molecule has 4 unspecified atom stereocenters. The minimum absolute atomic E-state index is 0.0756. The van der Waals surface area contributed by atoms with Crippen molar-refractivity contribution in [3.8, 4) is 0 Å². The lowest BCUT2D eigenvalue weighted by molar-refractivity contribution is -0.721. The number of carbonyl (C=O) groups excluding carboxylic acids is 4. The number of Topliss-reactive ketones (excluding diaryl/α,β-unsaturated/α-hetero) is 2. The number of ketones is 2. The predicted octanol–water partition coefficient (Wildman–Crippen LogP) is 16.0. The van der Waals surface area contributed by atoms with Gasteiger partial charge in [0.05, 0.1) is 11.1 Å². The molecular formula is C58H90Cl2N2O4+2. The number of halogens is 2. The lowest BCUT2D eigenvalue weighted by atomic mass is 9.72. The van der Waals surface area contributed by atoms with Crippen molar-refractivity contribution in [3.05, 3.63) is 93.1 Å². The van der Waals surface area contributed by atoms with E-state index in [1.54, 1.807) is 0 Å². The van der Waals surface area contributed by atoms with E-state index in [-0.39, 0.29) is 46.6 Å². The molecule has 1 aliphatic carbocycles. The maximum atomic E-state index is 15.6. The van der Waals surface area contributed by atoms with E-state index in [9.17, 15) is 9.59 Å². The summed E-state index contributed by atoms with van der Waals surface area (Å²) in [7, 11) is 0. The zero-order valence-electron chi connectivity index (χ0n) is 43.2. The number of unbranched alkanes of at least 4 members (excludes halogenated alkanes) is 18. The van der Waals surface area contributed by atoms with Gasteiger partial charge in [-0.05, 0) is 58.8 Å². The third kappa shape index (κ3) is 17.9. The van der Waals surface area contributed by atoms with E-state index in [0.717, 1.165) is 86.4 Å². The summed E-state index contributed by atoms with van der Waals surface area (Å²) >= 11 is 14.5. The maximum Gasteiger partial charge on any atom is 0.319 e. The van der Waals surface area contributed by atoms with Crippen LogP contribution in [-0.2, 0) is 30.0 Å². The fraction of sp³-hybridized carbons (Fsp3) is 0.655. The second kappa shape index (κ2) is 27.9. The van der Waals surface area contributed by atoms with Crippen LogP contribution < -0.4 is 0 Å². The lowest BCUT2D eigenvalue weighted by Gasteiger charge is -2.33. The first-order valence-corrected chi connectivity index (χ1v) is 26.7. The lowest BCUT2D eigenvalue weighted by Crippen LogP contribution is -2.46. The molecule has 0 heterocycles. The molecule has 8 heteroatoms. The van der Waals surface area contributed by atoms with Gasteiger partial charge in [-0.2, -0.15) is 8.00 Å². The molecule has 2 aromatic rings. The Labute approximate surface area is 412 Å². The number of nitrogens with zero attached hydrogens (tertiary/aromatic N) is 2. The maximum absolute atomic E-state index is 15.6. The summed E-state index contributed by atoms with van der Waals surface area (Å²) in [6.07, 6.45) is 24.3. The van der Waals surface area contributed by atoms with Gasteiger partial charge in [0.1, 0.15) is 26.2 Å². The summed E-state index contributed by atoms with van der Waals surface area (Å²) in [4.78, 5) is 57.4. The number of carbonyl (C=O) groups is 4. The van der Waals surface area contributed by atoms with E-state index in [4.69, 9.17) is 23.6 Å². The third-order valence-electron chi connectivity index (χ3n) is 14.1. The van der Waals surface area contributed by atoms with Crippen LogP contribution in [0.3, 0.4) is 0 Å². The average molecular weight is 950 g/mol. The van der Waals surface area contributed by atoms with Gasteiger partial charge in [-0.1, -0.05) is 221 Å². The Morgan fingerprint density at radius 3 is 0.955 bits per heavy atom. The van der Waals surface area contributed by atoms with Gasteiger partial charge >= 0.3 is 12.8 Å². The Kier molecular flexibility index (Phi) is 24.3. The smallest absolute Gasteiger partial charge is 0.289 e. The van der Waals surface area contributed by atoms with Crippen LogP contribution in [0.4, 0.5) is 0 Å². The predicted molar refractivity (Wildman–Crippen MR) is 279 cm³/mol. The van der Waals surface area contributed by atoms with Crippen molar-refractivity contribution in [2.75, 3.05) is 26.2 Å². The van der Waals surface area contributed by atoms with E-state index in [0.29, 0.717) is 24.2 Å². The van der Waals surface area contributed by atoms with Crippen LogP contribution >= 0.6 is 23.6 Å². The van der Waals surface area contributed by atoms with Crippen LogP contribution in [0, 0.1) is 0 Å². The van der Waals surface area contributed by atoms with Crippen molar-refractivity contribution in [1.29, 1.82) is 0 Å². The standard InChI is InChI=1S/C58H90Cl2N2O4/c1-11-13-15-17-19-21-23-25-27-29-39-61(59,43-63)41-51-53(45(3)47-31-35-49(36-32-47)57(5,6)7)56(66)52(42-62(60,44-64)40-30-28-26-24-22-20-18-16-14-12-2)54(55(51)65)46(4)48-33-37-50(38-34-48)58(8,9)10/h31-38,43-46H,11-30,39-42H2,1-10H3/q+2. The van der Waals surface area contributed by atoms with Gasteiger partial charge in [-0.3, -0.25) is 9.59 Å². The summed E-state index contributed by atoms with van der Waals surface area (Å²) in [6, 6.07) is 16.5. The van der Waals surface area contributed by atoms with Gasteiger partial charge < -0.3 is 0 Å². The van der Waals surface area contributed by atoms with Crippen molar-refractivity contribution in [2.24, 2.45) is 0 Å². The van der Waals surface area contributed by atoms with E-state index >= 15 is 9.59 Å². The largest absolute Gasteiger partial charge is 0.319 e. The molecule has 2 aromatic carbocycles. The molecule has 0 saturated carbocycles. The third-order valence-corrected chi connectivity index (χ3v) is 14.8. The van der Waals surface area contributed by atoms with Gasteiger partial charge in [-0.15, -0.1) is 0 Å². The fourth-order valence-corrected chi connectivity index (χ4v) is 10.0. The minimum Gasteiger partial charge on any atom is -0.289 e. The van der Waals surface area contributed by atoms with E-state index in [1.807, 2.05) is 38.1 Å². The van der Waals surface area contributed by atoms with Crippen LogP contribution in [0.2, 0.25) is 0 Å². The summed E-state index contributed by atoms with van der Waals surface area (Å²) in [6.45, 7) is 21.8. The Morgan fingerprint density at radius 1 is 0.455 bits per heavy atom. The zero-order valence-corrected chi connectivity index (χ0v) is 44.7. The number of amides is 2. The van der Waals surface area contributed by atoms with Crippen molar-refractivity contribution in [1.82, 2.24) is 0 Å². The van der Waals surface area contributed by atoms with Crippen LogP contribution in [-0.4, -0.2) is 58.6 Å². The van der Waals surface area contributed by atoms with Crippen molar-refractivity contribution >= 4 is 47.9 Å². The molecule has 0 fully saturated rings. The molecule has 0 saturated heterocycles. The van der Waals surface area contributed by atoms with Crippen LogP contribution in [0.1, 0.15) is 232 Å². The quantitative estimate of drug-likeness (QED) is 0.0317. The van der Waals surface area contributed by atoms with Gasteiger partial charge in [0.15, 0.2) is 35.1 Å². The molecule has 368 valence electrons. The number of quaternary nitrogens is 2. The topological polar surface area (TPSA) is 68.3 Å². The van der Waals surface area contributed by atoms with Gasteiger partial charge in [0, 0.05) is 23.0 Å². The average Bonchev–Trinajstić information content (AvgIpc) is 3.28. The molecule has 3 rings (SSSR count). The van der Waals surface area contributed by atoms with Crippen molar-refractivity contribution in [2.45, 2.75) is 220 Å². The molecule has 6 nitrogen and oxygen atoms in total. The molecule has 0 spiro atoms. The van der Waals surface area contributed by atoms with Gasteiger partial charge in [0.2, 0.25) is 0 Å². The molecule has 66 heavy (non-hydrogen) atoms. The summed E-state index contributed by atoms with van der Waals surface area (Å²) in [5.41, 5.74) is 5.13. The van der Waals surface area contributed by atoms with Crippen LogP contribution in [0.15, 0.2) is 70.8 Å². The number of hydrogen-bond acceptors (Lipinski definition) is 4. The van der Waals surface area contributed by atoms with E-state index < -0.39 is 19.8 Å². The highest BCUT2D eigenvalue weighted by atomic mass is 35.5. The molecule has 0 N–H and O–H groups in total. The number of allylic oxidation sites excluding steroid dienone is 2. The minimum atomic E-state index is -0.523. The Bertz CT molecular complexity index is 1750. The fourth-order valence-electron chi connectivity index (χ4n) is 9.54.